The highest BCUT2D eigenvalue weighted by atomic mass is 16.5. The first-order valence-electron chi connectivity index (χ1n) is 18.6. The van der Waals surface area contributed by atoms with E-state index in [0.29, 0.717) is 6.42 Å². The zero-order chi connectivity index (χ0) is 31.3. The summed E-state index contributed by atoms with van der Waals surface area (Å²) < 4.78 is 4.89. The fourth-order valence-corrected chi connectivity index (χ4v) is 5.33. The molecule has 43 heavy (non-hydrogen) atoms. The molecule has 0 saturated carbocycles. The second-order valence-electron chi connectivity index (χ2n) is 12.3. The van der Waals surface area contributed by atoms with Crippen molar-refractivity contribution in [2.24, 2.45) is 0 Å². The molecule has 3 nitrogen and oxygen atoms in total. The van der Waals surface area contributed by atoms with E-state index in [4.69, 9.17) is 4.74 Å². The minimum atomic E-state index is -0.0842. The molecule has 0 aromatic rings. The van der Waals surface area contributed by atoms with Crippen molar-refractivity contribution in [1.82, 2.24) is 4.90 Å². The van der Waals surface area contributed by atoms with E-state index >= 15 is 0 Å². The summed E-state index contributed by atoms with van der Waals surface area (Å²) in [5.41, 5.74) is 0. The van der Waals surface area contributed by atoms with Crippen LogP contribution in [0.15, 0.2) is 48.6 Å². The zero-order valence-corrected chi connectivity index (χ0v) is 29.2. The van der Waals surface area contributed by atoms with Crippen LogP contribution in [0.3, 0.4) is 0 Å². The van der Waals surface area contributed by atoms with Gasteiger partial charge in [-0.05, 0) is 90.1 Å². The summed E-state index contributed by atoms with van der Waals surface area (Å²) in [4.78, 5) is 14.2. The van der Waals surface area contributed by atoms with Gasteiger partial charge >= 0.3 is 5.97 Å². The SMILES string of the molecule is CCCCC/C=C\C/C=C\CCCCCCCCN(CCCCCCCC/C=C\C/C=C\CCCCC)CCC(=O)OC. The smallest absolute Gasteiger partial charge is 0.306 e. The van der Waals surface area contributed by atoms with Gasteiger partial charge in [0, 0.05) is 6.54 Å². The Labute approximate surface area is 269 Å². The van der Waals surface area contributed by atoms with Crippen molar-refractivity contribution in [3.63, 3.8) is 0 Å². The van der Waals surface area contributed by atoms with Crippen molar-refractivity contribution in [3.8, 4) is 0 Å². The molecule has 0 aliphatic heterocycles. The van der Waals surface area contributed by atoms with Crippen molar-refractivity contribution in [3.05, 3.63) is 48.6 Å². The summed E-state index contributed by atoms with van der Waals surface area (Å²) in [5, 5.41) is 0. The van der Waals surface area contributed by atoms with Crippen LogP contribution in [0.2, 0.25) is 0 Å². The van der Waals surface area contributed by atoms with Gasteiger partial charge in [-0.25, -0.2) is 0 Å². The number of hydrogen-bond acceptors (Lipinski definition) is 3. The molecule has 0 radical (unpaired) electrons. The standard InChI is InChI=1S/C40H73NO2/c1-4-6-8-10-12-14-16-18-20-22-24-26-28-30-32-34-37-41(39-36-40(42)43-3)38-35-33-31-29-27-25-23-21-19-17-15-13-11-9-7-5-2/h12-15,18-21H,4-11,16-17,22-39H2,1-3H3/b14-12-,15-13-,20-18-,21-19-. The summed E-state index contributed by atoms with van der Waals surface area (Å²) in [6.07, 6.45) is 50.1. The number of esters is 1. The minimum Gasteiger partial charge on any atom is -0.469 e. The van der Waals surface area contributed by atoms with E-state index in [1.165, 1.54) is 148 Å². The van der Waals surface area contributed by atoms with E-state index in [2.05, 4.69) is 67.4 Å². The lowest BCUT2D eigenvalue weighted by Crippen LogP contribution is -2.29. The third-order valence-electron chi connectivity index (χ3n) is 8.21. The second kappa shape index (κ2) is 36.6. The minimum absolute atomic E-state index is 0.0842. The Kier molecular flexibility index (Phi) is 35.2. The summed E-state index contributed by atoms with van der Waals surface area (Å²) in [6.45, 7) is 7.60. The van der Waals surface area contributed by atoms with Gasteiger partial charge in [0.2, 0.25) is 0 Å². The van der Waals surface area contributed by atoms with Gasteiger partial charge in [0.05, 0.1) is 13.5 Å². The molecule has 0 bridgehead atoms. The van der Waals surface area contributed by atoms with Crippen LogP contribution in [0.25, 0.3) is 0 Å². The molecule has 0 atom stereocenters. The number of nitrogens with zero attached hydrogens (tertiary/aromatic N) is 1. The summed E-state index contributed by atoms with van der Waals surface area (Å²) in [7, 11) is 1.50. The average molecular weight is 600 g/mol. The zero-order valence-electron chi connectivity index (χ0n) is 29.2. The molecule has 0 amide bonds. The Bertz CT molecular complexity index is 630. The predicted molar refractivity (Wildman–Crippen MR) is 192 cm³/mol. The van der Waals surface area contributed by atoms with Gasteiger partial charge in [-0.2, -0.15) is 0 Å². The van der Waals surface area contributed by atoms with Crippen LogP contribution in [0, 0.1) is 0 Å². The highest BCUT2D eigenvalue weighted by molar-refractivity contribution is 5.69. The summed E-state index contributed by atoms with van der Waals surface area (Å²) in [5.74, 6) is -0.0842. The third kappa shape index (κ3) is 34.7. The van der Waals surface area contributed by atoms with Crippen LogP contribution in [0.4, 0.5) is 0 Å². The van der Waals surface area contributed by atoms with Crippen molar-refractivity contribution in [2.75, 3.05) is 26.7 Å². The Morgan fingerprint density at radius 3 is 1.19 bits per heavy atom. The number of methoxy groups -OCH3 is 1. The number of carbonyl (C=O) groups is 1. The Balaban J connectivity index is 3.79. The molecule has 0 saturated heterocycles. The number of ether oxygens (including phenoxy) is 1. The summed E-state index contributed by atoms with van der Waals surface area (Å²) in [6, 6.07) is 0. The topological polar surface area (TPSA) is 29.5 Å². The van der Waals surface area contributed by atoms with Gasteiger partial charge in [-0.15, -0.1) is 0 Å². The molecule has 0 aromatic carbocycles. The quantitative estimate of drug-likeness (QED) is 0.0427. The van der Waals surface area contributed by atoms with Gasteiger partial charge < -0.3 is 9.64 Å². The fraction of sp³-hybridized carbons (Fsp3) is 0.775. The van der Waals surface area contributed by atoms with Gasteiger partial charge in [-0.3, -0.25) is 4.79 Å². The Hall–Kier alpha value is -1.61. The molecule has 0 fully saturated rings. The van der Waals surface area contributed by atoms with Gasteiger partial charge in [0.25, 0.3) is 0 Å². The maximum Gasteiger partial charge on any atom is 0.306 e. The normalized spacial score (nSPS) is 12.3. The highest BCUT2D eigenvalue weighted by Crippen LogP contribution is 2.12. The maximum absolute atomic E-state index is 11.7. The average Bonchev–Trinajstić information content (AvgIpc) is 3.02. The van der Waals surface area contributed by atoms with Crippen LogP contribution >= 0.6 is 0 Å². The van der Waals surface area contributed by atoms with E-state index in [1.807, 2.05) is 0 Å². The first-order valence-corrected chi connectivity index (χ1v) is 18.6. The molecule has 3 heteroatoms. The molecule has 0 aliphatic rings. The van der Waals surface area contributed by atoms with Crippen LogP contribution in [-0.4, -0.2) is 37.6 Å². The Morgan fingerprint density at radius 1 is 0.465 bits per heavy atom. The lowest BCUT2D eigenvalue weighted by Gasteiger charge is -2.21. The lowest BCUT2D eigenvalue weighted by atomic mass is 10.1. The van der Waals surface area contributed by atoms with E-state index < -0.39 is 0 Å². The molecule has 250 valence electrons. The molecular formula is C40H73NO2. The second-order valence-corrected chi connectivity index (χ2v) is 12.3. The number of rotatable bonds is 33. The largest absolute Gasteiger partial charge is 0.469 e. The fourth-order valence-electron chi connectivity index (χ4n) is 5.33. The van der Waals surface area contributed by atoms with Crippen LogP contribution in [0.1, 0.15) is 174 Å². The molecule has 0 aliphatic carbocycles. The molecule has 0 spiro atoms. The van der Waals surface area contributed by atoms with Crippen molar-refractivity contribution in [2.45, 2.75) is 174 Å². The van der Waals surface area contributed by atoms with E-state index in [0.717, 1.165) is 32.5 Å². The van der Waals surface area contributed by atoms with Crippen molar-refractivity contribution < 1.29 is 9.53 Å². The molecule has 0 heterocycles. The van der Waals surface area contributed by atoms with Gasteiger partial charge in [-0.1, -0.05) is 140 Å². The monoisotopic (exact) mass is 600 g/mol. The van der Waals surface area contributed by atoms with Crippen molar-refractivity contribution >= 4 is 5.97 Å². The first kappa shape index (κ1) is 41.4. The highest BCUT2D eigenvalue weighted by Gasteiger charge is 2.08. The maximum atomic E-state index is 11.7. The Morgan fingerprint density at radius 2 is 0.814 bits per heavy atom. The third-order valence-corrected chi connectivity index (χ3v) is 8.21. The van der Waals surface area contributed by atoms with Crippen molar-refractivity contribution in [1.29, 1.82) is 0 Å². The van der Waals surface area contributed by atoms with E-state index in [1.54, 1.807) is 0 Å². The predicted octanol–water partition coefficient (Wildman–Crippen LogP) is 12.5. The van der Waals surface area contributed by atoms with Crippen LogP contribution in [0.5, 0.6) is 0 Å². The van der Waals surface area contributed by atoms with Crippen LogP contribution in [-0.2, 0) is 9.53 Å². The first-order chi connectivity index (χ1) is 21.2. The molecule has 0 unspecified atom stereocenters. The molecular weight excluding hydrogens is 526 g/mol. The summed E-state index contributed by atoms with van der Waals surface area (Å²) >= 11 is 0. The molecule has 0 rings (SSSR count). The van der Waals surface area contributed by atoms with Gasteiger partial charge in [0.1, 0.15) is 0 Å². The number of hydrogen-bond donors (Lipinski definition) is 0. The number of unbranched alkanes of at least 4 members (excludes halogenated alkanes) is 18. The lowest BCUT2D eigenvalue weighted by molar-refractivity contribution is -0.141. The van der Waals surface area contributed by atoms with Gasteiger partial charge in [0.15, 0.2) is 0 Å². The van der Waals surface area contributed by atoms with E-state index in [-0.39, 0.29) is 5.97 Å². The molecule has 0 aromatic heterocycles. The number of allylic oxidation sites excluding steroid dienone is 8. The molecule has 0 N–H and O–H groups in total. The van der Waals surface area contributed by atoms with Crippen LogP contribution < -0.4 is 0 Å². The number of carbonyl (C=O) groups excluding carboxylic acids is 1. The van der Waals surface area contributed by atoms with E-state index in [9.17, 15) is 4.79 Å².